The van der Waals surface area contributed by atoms with E-state index in [4.69, 9.17) is 13.8 Å². The van der Waals surface area contributed by atoms with Crippen molar-refractivity contribution in [3.8, 4) is 0 Å². The third-order valence-electron chi connectivity index (χ3n) is 9.72. The van der Waals surface area contributed by atoms with Crippen molar-refractivity contribution < 1.29 is 47.8 Å². The fraction of sp³-hybridized carbons (Fsp3) is 0.694. The van der Waals surface area contributed by atoms with Gasteiger partial charge in [0.15, 0.2) is 6.04 Å². The van der Waals surface area contributed by atoms with Crippen LogP contribution >= 0.6 is 7.82 Å². The summed E-state index contributed by atoms with van der Waals surface area (Å²) in [6.45, 7) is 2.51. The number of hydrogen-bond acceptors (Lipinski definition) is 8. The lowest BCUT2D eigenvalue weighted by Gasteiger charge is -2.18. The quantitative estimate of drug-likeness (QED) is 0.0200. The first-order valence-electron chi connectivity index (χ1n) is 23.5. The van der Waals surface area contributed by atoms with Crippen LogP contribution in [0.1, 0.15) is 187 Å². The minimum atomic E-state index is -4.77. The number of phosphoric acid groups is 1. The van der Waals surface area contributed by atoms with E-state index in [9.17, 15) is 34.1 Å². The van der Waals surface area contributed by atoms with Gasteiger partial charge < -0.3 is 25.2 Å². The number of carboxylic acids is 1. The zero-order valence-electron chi connectivity index (χ0n) is 37.9. The lowest BCUT2D eigenvalue weighted by atomic mass is 10.1. The molecule has 61 heavy (non-hydrogen) atoms. The number of carboxylic acid groups (broad SMARTS) is 1. The number of allylic oxidation sites excluding steroid dienone is 12. The van der Waals surface area contributed by atoms with Crippen LogP contribution in [0.15, 0.2) is 72.9 Å². The highest BCUT2D eigenvalue weighted by molar-refractivity contribution is 7.47. The van der Waals surface area contributed by atoms with Gasteiger partial charge in [0.1, 0.15) is 12.7 Å². The molecule has 0 aliphatic rings. The molecule has 0 spiro atoms. The average Bonchev–Trinajstić information content (AvgIpc) is 3.24. The molecule has 0 radical (unpaired) electrons. The Kier molecular flexibility index (Phi) is 41.4. The second-order valence-electron chi connectivity index (χ2n) is 15.6. The maximum Gasteiger partial charge on any atom is 0.472 e. The molecule has 0 saturated heterocycles. The zero-order chi connectivity index (χ0) is 44.9. The van der Waals surface area contributed by atoms with Gasteiger partial charge in [0.05, 0.1) is 13.2 Å². The molecule has 0 bridgehead atoms. The highest BCUT2D eigenvalue weighted by Crippen LogP contribution is 2.43. The summed E-state index contributed by atoms with van der Waals surface area (Å²) in [6, 6.07) is -1.56. The van der Waals surface area contributed by atoms with Gasteiger partial charge in [-0.05, 0) is 89.9 Å². The molecule has 3 atom stereocenters. The Balaban J connectivity index is 3.95. The van der Waals surface area contributed by atoms with Gasteiger partial charge in [0, 0.05) is 12.8 Å². The summed E-state index contributed by atoms with van der Waals surface area (Å²) >= 11 is 0. The molecule has 0 saturated carbocycles. The Hall–Kier alpha value is -3.08. The summed E-state index contributed by atoms with van der Waals surface area (Å²) in [5.41, 5.74) is 0. The number of unbranched alkanes of at least 4 members (excludes halogenated alkanes) is 17. The zero-order valence-corrected chi connectivity index (χ0v) is 38.8. The number of aliphatic hydroxyl groups is 1. The molecule has 0 heterocycles. The largest absolute Gasteiger partial charge is 0.480 e. The molecule has 12 heteroatoms. The van der Waals surface area contributed by atoms with Crippen molar-refractivity contribution in [1.82, 2.24) is 5.32 Å². The standard InChI is InChI=1S/C49H84NO10P/c1-3-5-7-9-11-13-15-17-19-21-23-25-27-29-31-33-35-37-39-41-48(53)58-42-45(51)43-59-61(56,57)60-44-46(49(54)55)50-47(52)40-38-36-34-32-30-28-26-24-22-20-18-16-14-12-10-8-6-4-2/h11,13-14,16-17,19-20,22-23,25,29,31,45-46,51H,3-10,12,15,18,21,24,26-28,30,32-44H2,1-2H3,(H,50,52)(H,54,55)(H,56,57)/b13-11-,16-14-,19-17-,22-20-,25-23-,31-29-. The number of rotatable bonds is 43. The second-order valence-corrected chi connectivity index (χ2v) is 17.0. The van der Waals surface area contributed by atoms with Gasteiger partial charge in [-0.3, -0.25) is 18.6 Å². The number of aliphatic carboxylic acids is 1. The molecular formula is C49H84NO10P. The number of carbonyl (C=O) groups is 3. The van der Waals surface area contributed by atoms with Crippen LogP contribution < -0.4 is 5.32 Å². The molecule has 0 aliphatic heterocycles. The first-order chi connectivity index (χ1) is 29.6. The molecule has 350 valence electrons. The molecule has 0 aromatic heterocycles. The van der Waals surface area contributed by atoms with Crippen LogP contribution in [0.5, 0.6) is 0 Å². The Morgan fingerprint density at radius 1 is 0.525 bits per heavy atom. The molecule has 4 N–H and O–H groups in total. The summed E-state index contributed by atoms with van der Waals surface area (Å²) < 4.78 is 26.9. The van der Waals surface area contributed by atoms with Crippen molar-refractivity contribution in [3.05, 3.63) is 72.9 Å². The number of amides is 1. The molecular weight excluding hydrogens is 794 g/mol. The van der Waals surface area contributed by atoms with Gasteiger partial charge in [-0.25, -0.2) is 9.36 Å². The van der Waals surface area contributed by atoms with Crippen LogP contribution in [-0.4, -0.2) is 64.9 Å². The first-order valence-corrected chi connectivity index (χ1v) is 25.0. The lowest BCUT2D eigenvalue weighted by molar-refractivity contribution is -0.147. The molecule has 3 unspecified atom stereocenters. The highest BCUT2D eigenvalue weighted by Gasteiger charge is 2.28. The predicted octanol–water partition coefficient (Wildman–Crippen LogP) is 12.5. The smallest absolute Gasteiger partial charge is 0.472 e. The number of hydrogen-bond donors (Lipinski definition) is 4. The van der Waals surface area contributed by atoms with Crippen molar-refractivity contribution in [3.63, 3.8) is 0 Å². The van der Waals surface area contributed by atoms with Crippen LogP contribution in [0.2, 0.25) is 0 Å². The molecule has 0 aromatic carbocycles. The van der Waals surface area contributed by atoms with Crippen LogP contribution in [-0.2, 0) is 32.7 Å². The van der Waals surface area contributed by atoms with Crippen molar-refractivity contribution in [1.29, 1.82) is 0 Å². The van der Waals surface area contributed by atoms with E-state index in [1.165, 1.54) is 57.8 Å². The fourth-order valence-corrected chi connectivity index (χ4v) is 6.81. The van der Waals surface area contributed by atoms with Crippen LogP contribution in [0.3, 0.4) is 0 Å². The number of phosphoric ester groups is 1. The van der Waals surface area contributed by atoms with Crippen molar-refractivity contribution >= 4 is 25.7 Å². The number of ether oxygens (including phenoxy) is 1. The maximum absolute atomic E-state index is 12.3. The Morgan fingerprint density at radius 3 is 1.39 bits per heavy atom. The highest BCUT2D eigenvalue weighted by atomic mass is 31.2. The molecule has 0 aliphatic carbocycles. The van der Waals surface area contributed by atoms with Gasteiger partial charge in [-0.1, -0.05) is 157 Å². The third-order valence-corrected chi connectivity index (χ3v) is 10.7. The van der Waals surface area contributed by atoms with E-state index in [1.807, 2.05) is 0 Å². The normalized spacial score (nSPS) is 14.3. The number of aliphatic hydroxyl groups excluding tert-OH is 1. The SMILES string of the molecule is CCCCC/C=C\C/C=C\C/C=C\C/C=C\CCCCCC(=O)OCC(O)COP(=O)(O)OCC(NC(=O)CCCCCCCCC/C=C\C/C=C\CCCCCC)C(=O)O. The molecule has 11 nitrogen and oxygen atoms in total. The molecule has 0 fully saturated rings. The molecule has 0 rings (SSSR count). The summed E-state index contributed by atoms with van der Waals surface area (Å²) in [5.74, 6) is -2.42. The monoisotopic (exact) mass is 878 g/mol. The first kappa shape index (κ1) is 57.9. The van der Waals surface area contributed by atoms with Gasteiger partial charge in [-0.2, -0.15) is 0 Å². The minimum absolute atomic E-state index is 0.131. The summed E-state index contributed by atoms with van der Waals surface area (Å²) in [6.07, 6.45) is 52.0. The Bertz CT molecular complexity index is 1310. The van der Waals surface area contributed by atoms with E-state index >= 15 is 0 Å². The van der Waals surface area contributed by atoms with Gasteiger partial charge in [0.2, 0.25) is 5.91 Å². The summed E-state index contributed by atoms with van der Waals surface area (Å²) in [7, 11) is -4.77. The van der Waals surface area contributed by atoms with E-state index < -0.39 is 57.6 Å². The Morgan fingerprint density at radius 2 is 0.902 bits per heavy atom. The van der Waals surface area contributed by atoms with Crippen LogP contribution in [0.4, 0.5) is 0 Å². The van der Waals surface area contributed by atoms with E-state index in [0.717, 1.165) is 89.9 Å². The number of nitrogens with one attached hydrogen (secondary N) is 1. The number of esters is 1. The molecule has 0 aromatic rings. The van der Waals surface area contributed by atoms with Gasteiger partial charge >= 0.3 is 19.8 Å². The van der Waals surface area contributed by atoms with E-state index in [-0.39, 0.29) is 12.8 Å². The fourth-order valence-electron chi connectivity index (χ4n) is 6.03. The second kappa shape index (κ2) is 43.6. The summed E-state index contributed by atoms with van der Waals surface area (Å²) in [5, 5.41) is 21.9. The van der Waals surface area contributed by atoms with E-state index in [1.54, 1.807) is 0 Å². The van der Waals surface area contributed by atoms with Gasteiger partial charge in [0.25, 0.3) is 0 Å². The van der Waals surface area contributed by atoms with Crippen molar-refractivity contribution in [2.75, 3.05) is 19.8 Å². The topological polar surface area (TPSA) is 169 Å². The van der Waals surface area contributed by atoms with Crippen molar-refractivity contribution in [2.24, 2.45) is 0 Å². The van der Waals surface area contributed by atoms with E-state index in [2.05, 4.69) is 92.1 Å². The predicted molar refractivity (Wildman–Crippen MR) is 249 cm³/mol. The molecule has 1 amide bonds. The van der Waals surface area contributed by atoms with Crippen LogP contribution in [0.25, 0.3) is 0 Å². The van der Waals surface area contributed by atoms with Gasteiger partial charge in [-0.15, -0.1) is 0 Å². The van der Waals surface area contributed by atoms with Crippen LogP contribution in [0, 0.1) is 0 Å². The third kappa shape index (κ3) is 43.4. The lowest BCUT2D eigenvalue weighted by Crippen LogP contribution is -2.43. The van der Waals surface area contributed by atoms with Crippen molar-refractivity contribution in [2.45, 2.75) is 199 Å². The summed E-state index contributed by atoms with van der Waals surface area (Å²) in [4.78, 5) is 46.0. The van der Waals surface area contributed by atoms with E-state index in [0.29, 0.717) is 12.8 Å². The average molecular weight is 878 g/mol. The number of carbonyl (C=O) groups excluding carboxylic acids is 2. The minimum Gasteiger partial charge on any atom is -0.480 e. The Labute approximate surface area is 369 Å². The maximum atomic E-state index is 12.3.